The van der Waals surface area contributed by atoms with E-state index in [4.69, 9.17) is 5.11 Å². The molecule has 0 saturated carbocycles. The van der Waals surface area contributed by atoms with E-state index in [9.17, 15) is 18.0 Å². The fourth-order valence-corrected chi connectivity index (χ4v) is 4.07. The highest BCUT2D eigenvalue weighted by Crippen LogP contribution is 2.22. The molecule has 0 aromatic heterocycles. The molecule has 1 atom stereocenters. The maximum Gasteiger partial charge on any atom is 0.335 e. The van der Waals surface area contributed by atoms with Gasteiger partial charge in [0.25, 0.3) is 0 Å². The zero-order chi connectivity index (χ0) is 14.8. The summed E-state index contributed by atoms with van der Waals surface area (Å²) in [7, 11) is -2.97. The summed E-state index contributed by atoms with van der Waals surface area (Å²) < 4.78 is 22.6. The van der Waals surface area contributed by atoms with Crippen LogP contribution >= 0.6 is 0 Å². The lowest BCUT2D eigenvalue weighted by atomic mass is 10.0. The summed E-state index contributed by atoms with van der Waals surface area (Å²) in [4.78, 5) is 22.5. The molecular weight excluding hydrogens is 282 g/mol. The van der Waals surface area contributed by atoms with Gasteiger partial charge in [0, 0.05) is 12.1 Å². The molecule has 108 valence electrons. The zero-order valence-corrected chi connectivity index (χ0v) is 11.5. The largest absolute Gasteiger partial charge is 0.478 e. The van der Waals surface area contributed by atoms with E-state index < -0.39 is 15.8 Å². The van der Waals surface area contributed by atoms with Gasteiger partial charge in [-0.3, -0.25) is 4.79 Å². The van der Waals surface area contributed by atoms with Crippen molar-refractivity contribution in [1.82, 2.24) is 0 Å². The first-order chi connectivity index (χ1) is 9.35. The highest BCUT2D eigenvalue weighted by molar-refractivity contribution is 7.91. The molecule has 7 heteroatoms. The fourth-order valence-electron chi connectivity index (χ4n) is 2.20. The molecule has 1 aromatic rings. The average molecular weight is 297 g/mol. The molecule has 0 unspecified atom stereocenters. The summed E-state index contributed by atoms with van der Waals surface area (Å²) in [6.45, 7) is 0. The Morgan fingerprint density at radius 1 is 1.25 bits per heavy atom. The number of aromatic carboxylic acids is 1. The van der Waals surface area contributed by atoms with Gasteiger partial charge in [0.2, 0.25) is 5.91 Å². The topological polar surface area (TPSA) is 101 Å². The first-order valence-electron chi connectivity index (χ1n) is 6.19. The average Bonchev–Trinajstić information content (AvgIpc) is 2.69. The molecule has 0 aliphatic carbocycles. The number of nitrogens with one attached hydrogen (secondary N) is 1. The first kappa shape index (κ1) is 14.5. The lowest BCUT2D eigenvalue weighted by Gasteiger charge is -2.08. The molecule has 1 saturated heterocycles. The van der Waals surface area contributed by atoms with Crippen LogP contribution in [0.3, 0.4) is 0 Å². The van der Waals surface area contributed by atoms with Gasteiger partial charge in [-0.15, -0.1) is 0 Å². The van der Waals surface area contributed by atoms with Crippen LogP contribution in [0.2, 0.25) is 0 Å². The van der Waals surface area contributed by atoms with Crippen LogP contribution in [-0.4, -0.2) is 36.9 Å². The molecule has 2 N–H and O–H groups in total. The molecule has 20 heavy (non-hydrogen) atoms. The Balaban J connectivity index is 1.90. The minimum Gasteiger partial charge on any atom is -0.478 e. The third kappa shape index (κ3) is 3.80. The Bertz CT molecular complexity index is 621. The van der Waals surface area contributed by atoms with E-state index in [1.54, 1.807) is 0 Å². The predicted octanol–water partition coefficient (Wildman–Crippen LogP) is 1.15. The predicted molar refractivity (Wildman–Crippen MR) is 73.4 cm³/mol. The Hall–Kier alpha value is -1.89. The van der Waals surface area contributed by atoms with E-state index in [0.717, 1.165) is 0 Å². The highest BCUT2D eigenvalue weighted by atomic mass is 32.2. The van der Waals surface area contributed by atoms with Crippen LogP contribution in [-0.2, 0) is 14.6 Å². The lowest BCUT2D eigenvalue weighted by molar-refractivity contribution is -0.116. The van der Waals surface area contributed by atoms with E-state index in [1.165, 1.54) is 24.3 Å². The minimum absolute atomic E-state index is 0.0678. The number of anilines is 1. The van der Waals surface area contributed by atoms with Gasteiger partial charge in [-0.05, 0) is 36.6 Å². The molecule has 2 rings (SSSR count). The second kappa shape index (κ2) is 5.62. The van der Waals surface area contributed by atoms with Gasteiger partial charge >= 0.3 is 5.97 Å². The van der Waals surface area contributed by atoms with Crippen LogP contribution in [0, 0.1) is 5.92 Å². The fraction of sp³-hybridized carbons (Fsp3) is 0.385. The van der Waals surface area contributed by atoms with Crippen LogP contribution in [0.25, 0.3) is 0 Å². The van der Waals surface area contributed by atoms with Crippen LogP contribution in [0.5, 0.6) is 0 Å². The van der Waals surface area contributed by atoms with Crippen molar-refractivity contribution >= 4 is 27.4 Å². The van der Waals surface area contributed by atoms with Crippen LogP contribution in [0.1, 0.15) is 23.2 Å². The monoisotopic (exact) mass is 297 g/mol. The summed E-state index contributed by atoms with van der Waals surface area (Å²) in [5.41, 5.74) is 0.644. The van der Waals surface area contributed by atoms with Crippen molar-refractivity contribution in [1.29, 1.82) is 0 Å². The first-order valence-corrected chi connectivity index (χ1v) is 8.01. The Morgan fingerprint density at radius 2 is 1.90 bits per heavy atom. The number of carbonyl (C=O) groups excluding carboxylic acids is 1. The third-order valence-electron chi connectivity index (χ3n) is 3.22. The van der Waals surface area contributed by atoms with Crippen molar-refractivity contribution in [2.75, 3.05) is 16.8 Å². The maximum atomic E-state index is 11.8. The molecule has 0 radical (unpaired) electrons. The quantitative estimate of drug-likeness (QED) is 0.868. The number of rotatable bonds is 4. The standard InChI is InChI=1S/C13H15NO5S/c15-12(7-9-5-6-20(18,19)8-9)14-11-3-1-10(2-4-11)13(16)17/h1-4,9H,5-8H2,(H,14,15)(H,16,17)/t9-/m1/s1. The summed E-state index contributed by atoms with van der Waals surface area (Å²) >= 11 is 0. The number of amides is 1. The van der Waals surface area contributed by atoms with Crippen molar-refractivity contribution in [3.63, 3.8) is 0 Å². The molecule has 1 aromatic carbocycles. The van der Waals surface area contributed by atoms with Crippen molar-refractivity contribution in [3.05, 3.63) is 29.8 Å². The Kier molecular flexibility index (Phi) is 4.08. The Labute approximate surface area is 116 Å². The smallest absolute Gasteiger partial charge is 0.335 e. The van der Waals surface area contributed by atoms with Gasteiger partial charge in [-0.2, -0.15) is 0 Å². The van der Waals surface area contributed by atoms with Gasteiger partial charge in [-0.25, -0.2) is 13.2 Å². The van der Waals surface area contributed by atoms with E-state index in [2.05, 4.69) is 5.32 Å². The van der Waals surface area contributed by atoms with Gasteiger partial charge in [0.1, 0.15) is 0 Å². The third-order valence-corrected chi connectivity index (χ3v) is 5.05. The molecule has 0 spiro atoms. The van der Waals surface area contributed by atoms with Gasteiger partial charge in [-0.1, -0.05) is 0 Å². The summed E-state index contributed by atoms with van der Waals surface area (Å²) in [6, 6.07) is 5.81. The molecule has 6 nitrogen and oxygen atoms in total. The molecule has 0 bridgehead atoms. The van der Waals surface area contributed by atoms with Crippen LogP contribution in [0.4, 0.5) is 5.69 Å². The summed E-state index contributed by atoms with van der Waals surface area (Å²) in [6.07, 6.45) is 0.688. The van der Waals surface area contributed by atoms with Crippen LogP contribution in [0.15, 0.2) is 24.3 Å². The second-order valence-electron chi connectivity index (χ2n) is 4.90. The van der Waals surface area contributed by atoms with Crippen molar-refractivity contribution in [2.45, 2.75) is 12.8 Å². The van der Waals surface area contributed by atoms with Crippen LogP contribution < -0.4 is 5.32 Å². The molecule has 1 fully saturated rings. The summed E-state index contributed by atoms with van der Waals surface area (Å²) in [5, 5.41) is 11.4. The van der Waals surface area contributed by atoms with E-state index in [0.29, 0.717) is 12.1 Å². The minimum atomic E-state index is -2.97. The van der Waals surface area contributed by atoms with Gasteiger partial charge in [0.05, 0.1) is 17.1 Å². The Morgan fingerprint density at radius 3 is 2.40 bits per heavy atom. The number of benzene rings is 1. The number of hydrogen-bond acceptors (Lipinski definition) is 4. The SMILES string of the molecule is O=C(C[C@H]1CCS(=O)(=O)C1)Nc1ccc(C(=O)O)cc1. The van der Waals surface area contributed by atoms with Crippen molar-refractivity contribution in [2.24, 2.45) is 5.92 Å². The second-order valence-corrected chi connectivity index (χ2v) is 7.13. The van der Waals surface area contributed by atoms with E-state index >= 15 is 0 Å². The molecule has 1 amide bonds. The molecule has 1 aliphatic rings. The highest BCUT2D eigenvalue weighted by Gasteiger charge is 2.29. The van der Waals surface area contributed by atoms with Gasteiger partial charge in [0.15, 0.2) is 9.84 Å². The lowest BCUT2D eigenvalue weighted by Crippen LogP contribution is -2.17. The number of sulfone groups is 1. The molecule has 1 heterocycles. The van der Waals surface area contributed by atoms with Crippen molar-refractivity contribution in [3.8, 4) is 0 Å². The number of carboxylic acid groups (broad SMARTS) is 1. The van der Waals surface area contributed by atoms with Crippen molar-refractivity contribution < 1.29 is 23.1 Å². The normalized spacial score (nSPS) is 20.5. The number of hydrogen-bond donors (Lipinski definition) is 2. The van der Waals surface area contributed by atoms with E-state index in [-0.39, 0.29) is 35.3 Å². The molecule has 1 aliphatic heterocycles. The van der Waals surface area contributed by atoms with E-state index in [1.807, 2.05) is 0 Å². The maximum absolute atomic E-state index is 11.8. The summed E-state index contributed by atoms with van der Waals surface area (Å²) in [5.74, 6) is -1.19. The number of carbonyl (C=O) groups is 2. The molecular formula is C13H15NO5S. The zero-order valence-electron chi connectivity index (χ0n) is 10.7. The van der Waals surface area contributed by atoms with Gasteiger partial charge < -0.3 is 10.4 Å². The number of carboxylic acids is 1.